The summed E-state index contributed by atoms with van der Waals surface area (Å²) in [6.07, 6.45) is 0.734. The molecule has 0 saturated heterocycles. The van der Waals surface area contributed by atoms with Gasteiger partial charge in [-0.3, -0.25) is 4.79 Å². The fourth-order valence-corrected chi connectivity index (χ4v) is 2.55. The molecule has 0 bridgehead atoms. The maximum Gasteiger partial charge on any atom is 0.153 e. The Kier molecular flexibility index (Phi) is 4.71. The average Bonchev–Trinajstić information content (AvgIpc) is 2.63. The normalized spacial score (nSPS) is 10.4. The quantitative estimate of drug-likeness (QED) is 0.605. The second kappa shape index (κ2) is 7.09. The molecule has 3 aromatic carbocycles. The Balaban J connectivity index is 1.88. The summed E-state index contributed by atoms with van der Waals surface area (Å²) in [6.45, 7) is 2.09. The summed E-state index contributed by atoms with van der Waals surface area (Å²) in [4.78, 5) is 11.4. The van der Waals surface area contributed by atoms with Gasteiger partial charge >= 0.3 is 0 Å². The Bertz CT molecular complexity index is 857. The van der Waals surface area contributed by atoms with Gasteiger partial charge in [0.2, 0.25) is 0 Å². The van der Waals surface area contributed by atoms with E-state index in [2.05, 4.69) is 0 Å². The predicted molar refractivity (Wildman–Crippen MR) is 92.7 cm³/mol. The first-order valence-electron chi connectivity index (χ1n) is 7.70. The van der Waals surface area contributed by atoms with Gasteiger partial charge in [0.05, 0.1) is 5.56 Å². The van der Waals surface area contributed by atoms with E-state index in [0.29, 0.717) is 34.6 Å². The van der Waals surface area contributed by atoms with Crippen molar-refractivity contribution < 1.29 is 13.9 Å². The Morgan fingerprint density at radius 2 is 1.79 bits per heavy atom. The minimum Gasteiger partial charge on any atom is -0.488 e. The fourth-order valence-electron chi connectivity index (χ4n) is 2.55. The molecule has 3 rings (SSSR count). The molecule has 0 radical (unpaired) electrons. The molecule has 0 fully saturated rings. The third-order valence-electron chi connectivity index (χ3n) is 3.88. The first-order chi connectivity index (χ1) is 11.7. The third-order valence-corrected chi connectivity index (χ3v) is 3.88. The van der Waals surface area contributed by atoms with Gasteiger partial charge in [0.1, 0.15) is 18.2 Å². The van der Waals surface area contributed by atoms with Gasteiger partial charge in [0.25, 0.3) is 0 Å². The van der Waals surface area contributed by atoms with Gasteiger partial charge in [-0.2, -0.15) is 0 Å². The number of hydrogen-bond acceptors (Lipinski definition) is 2. The van der Waals surface area contributed by atoms with E-state index in [1.165, 1.54) is 0 Å². The van der Waals surface area contributed by atoms with Crippen LogP contribution in [0.4, 0.5) is 4.39 Å². The molecule has 0 heterocycles. The molecule has 0 atom stereocenters. The van der Waals surface area contributed by atoms with Crippen LogP contribution in [0.2, 0.25) is 0 Å². The number of halogens is 1. The molecule has 0 saturated carbocycles. The Morgan fingerprint density at radius 3 is 2.54 bits per heavy atom. The summed E-state index contributed by atoms with van der Waals surface area (Å²) >= 11 is 0. The molecule has 0 aromatic heterocycles. The second-order valence-corrected chi connectivity index (χ2v) is 5.58. The number of hydrogen-bond donors (Lipinski definition) is 0. The van der Waals surface area contributed by atoms with Crippen LogP contribution in [0.15, 0.2) is 66.7 Å². The summed E-state index contributed by atoms with van der Waals surface area (Å²) in [7, 11) is 0. The summed E-state index contributed by atoms with van der Waals surface area (Å²) in [6, 6.07) is 20.1. The lowest BCUT2D eigenvalue weighted by atomic mass is 10.0. The summed E-state index contributed by atoms with van der Waals surface area (Å²) < 4.78 is 20.0. The van der Waals surface area contributed by atoms with E-state index in [4.69, 9.17) is 4.74 Å². The Labute approximate surface area is 140 Å². The van der Waals surface area contributed by atoms with Crippen molar-refractivity contribution in [3.8, 4) is 16.9 Å². The van der Waals surface area contributed by atoms with E-state index in [1.807, 2.05) is 30.3 Å². The Morgan fingerprint density at radius 1 is 1.00 bits per heavy atom. The lowest BCUT2D eigenvalue weighted by Crippen LogP contribution is -1.99. The highest BCUT2D eigenvalue weighted by molar-refractivity contribution is 5.83. The van der Waals surface area contributed by atoms with Crippen LogP contribution in [0.1, 0.15) is 21.5 Å². The molecule has 0 aliphatic carbocycles. The van der Waals surface area contributed by atoms with E-state index in [9.17, 15) is 9.18 Å². The van der Waals surface area contributed by atoms with E-state index >= 15 is 0 Å². The molecule has 0 spiro atoms. The lowest BCUT2D eigenvalue weighted by molar-refractivity contribution is 0.111. The van der Waals surface area contributed by atoms with Crippen molar-refractivity contribution in [3.63, 3.8) is 0 Å². The Hall–Kier alpha value is -2.94. The maximum absolute atomic E-state index is 14.3. The van der Waals surface area contributed by atoms with Crippen molar-refractivity contribution in [2.75, 3.05) is 0 Å². The maximum atomic E-state index is 14.3. The first kappa shape index (κ1) is 15.9. The van der Waals surface area contributed by atoms with Gasteiger partial charge < -0.3 is 4.74 Å². The molecule has 0 aliphatic heterocycles. The van der Waals surface area contributed by atoms with Crippen molar-refractivity contribution in [1.29, 1.82) is 0 Å². The smallest absolute Gasteiger partial charge is 0.153 e. The molecule has 24 heavy (non-hydrogen) atoms. The topological polar surface area (TPSA) is 26.3 Å². The number of benzene rings is 3. The molecular weight excluding hydrogens is 303 g/mol. The van der Waals surface area contributed by atoms with Crippen LogP contribution in [0.5, 0.6) is 5.75 Å². The molecule has 0 aliphatic rings. The number of ether oxygens (including phenoxy) is 1. The average molecular weight is 320 g/mol. The highest BCUT2D eigenvalue weighted by Crippen LogP contribution is 2.29. The van der Waals surface area contributed by atoms with E-state index in [1.54, 1.807) is 43.3 Å². The van der Waals surface area contributed by atoms with Crippen molar-refractivity contribution in [2.24, 2.45) is 0 Å². The van der Waals surface area contributed by atoms with Crippen LogP contribution in [0.3, 0.4) is 0 Å². The van der Waals surface area contributed by atoms with Crippen LogP contribution < -0.4 is 4.74 Å². The van der Waals surface area contributed by atoms with Crippen LogP contribution >= 0.6 is 0 Å². The first-order valence-corrected chi connectivity index (χ1v) is 7.70. The molecule has 3 aromatic rings. The summed E-state index contributed by atoms with van der Waals surface area (Å²) in [5.74, 6) is 0.220. The van der Waals surface area contributed by atoms with E-state index in [0.717, 1.165) is 11.8 Å². The van der Waals surface area contributed by atoms with Crippen LogP contribution in [0.25, 0.3) is 11.1 Å². The fraction of sp³-hybridized carbons (Fsp3) is 0.0952. The zero-order valence-electron chi connectivity index (χ0n) is 13.3. The molecular formula is C21H17FO2. The molecule has 2 nitrogen and oxygen atoms in total. The third kappa shape index (κ3) is 3.35. The standard InChI is InChI=1S/C21H17FO2/c1-15-6-5-9-19(21(15)22)17-10-11-20(18(12-17)13-23)24-14-16-7-3-2-4-8-16/h2-13H,14H2,1H3. The minimum absolute atomic E-state index is 0.271. The van der Waals surface area contributed by atoms with Crippen molar-refractivity contribution in [2.45, 2.75) is 13.5 Å². The SMILES string of the molecule is Cc1cccc(-c2ccc(OCc3ccccc3)c(C=O)c2)c1F. The van der Waals surface area contributed by atoms with Gasteiger partial charge in [-0.1, -0.05) is 54.6 Å². The van der Waals surface area contributed by atoms with Crippen molar-refractivity contribution >= 4 is 6.29 Å². The van der Waals surface area contributed by atoms with Crippen LogP contribution in [-0.2, 0) is 6.61 Å². The number of aryl methyl sites for hydroxylation is 1. The van der Waals surface area contributed by atoms with Crippen LogP contribution in [-0.4, -0.2) is 6.29 Å². The van der Waals surface area contributed by atoms with Gasteiger partial charge in [-0.15, -0.1) is 0 Å². The highest BCUT2D eigenvalue weighted by atomic mass is 19.1. The molecule has 120 valence electrons. The zero-order valence-corrected chi connectivity index (χ0v) is 13.3. The predicted octanol–water partition coefficient (Wildman–Crippen LogP) is 5.19. The lowest BCUT2D eigenvalue weighted by Gasteiger charge is -2.11. The minimum atomic E-state index is -0.271. The van der Waals surface area contributed by atoms with Crippen LogP contribution in [0, 0.1) is 12.7 Å². The van der Waals surface area contributed by atoms with Gasteiger partial charge in [0, 0.05) is 5.56 Å². The zero-order chi connectivity index (χ0) is 16.9. The molecule has 0 amide bonds. The van der Waals surface area contributed by atoms with E-state index in [-0.39, 0.29) is 5.82 Å². The van der Waals surface area contributed by atoms with Crippen molar-refractivity contribution in [3.05, 3.63) is 89.2 Å². The van der Waals surface area contributed by atoms with Gasteiger partial charge in [0.15, 0.2) is 6.29 Å². The number of carbonyl (C=O) groups excluding carboxylic acids is 1. The largest absolute Gasteiger partial charge is 0.488 e. The number of rotatable bonds is 5. The van der Waals surface area contributed by atoms with Gasteiger partial charge in [-0.05, 0) is 35.7 Å². The van der Waals surface area contributed by atoms with Gasteiger partial charge in [-0.25, -0.2) is 4.39 Å². The molecule has 0 N–H and O–H groups in total. The monoisotopic (exact) mass is 320 g/mol. The number of carbonyl (C=O) groups is 1. The second-order valence-electron chi connectivity index (χ2n) is 5.58. The molecule has 0 unspecified atom stereocenters. The van der Waals surface area contributed by atoms with Crippen molar-refractivity contribution in [1.82, 2.24) is 0 Å². The van der Waals surface area contributed by atoms with E-state index < -0.39 is 0 Å². The highest BCUT2D eigenvalue weighted by Gasteiger charge is 2.11. The molecule has 3 heteroatoms. The summed E-state index contributed by atoms with van der Waals surface area (Å²) in [5, 5.41) is 0. The summed E-state index contributed by atoms with van der Waals surface area (Å²) in [5.41, 5.74) is 3.13. The number of aldehydes is 1.